The van der Waals surface area contributed by atoms with Crippen LogP contribution in [0.25, 0.3) is 5.69 Å². The van der Waals surface area contributed by atoms with Gasteiger partial charge in [0.2, 0.25) is 0 Å². The molecule has 0 unspecified atom stereocenters. The van der Waals surface area contributed by atoms with Crippen molar-refractivity contribution in [1.29, 1.82) is 0 Å². The summed E-state index contributed by atoms with van der Waals surface area (Å²) in [6.45, 7) is 0. The summed E-state index contributed by atoms with van der Waals surface area (Å²) in [7, 11) is 0. The van der Waals surface area contributed by atoms with Gasteiger partial charge in [-0.2, -0.15) is 5.10 Å². The standard InChI is InChI=1S/C10H6BrClN2O2/c11-9-6(12)2-1-3-8(9)14-5-4-7(13-14)10(15)16/h1-5H,(H,15,16). The van der Waals surface area contributed by atoms with Crippen LogP contribution in [0.4, 0.5) is 0 Å². The van der Waals surface area contributed by atoms with Crippen LogP contribution in [0, 0.1) is 0 Å². The molecule has 0 amide bonds. The molecule has 82 valence electrons. The van der Waals surface area contributed by atoms with Crippen molar-refractivity contribution in [2.45, 2.75) is 0 Å². The molecule has 0 saturated carbocycles. The van der Waals surface area contributed by atoms with Gasteiger partial charge in [0, 0.05) is 6.20 Å². The first-order valence-corrected chi connectivity index (χ1v) is 5.50. The van der Waals surface area contributed by atoms with Crippen LogP contribution < -0.4 is 0 Å². The van der Waals surface area contributed by atoms with Crippen LogP contribution in [0.5, 0.6) is 0 Å². The lowest BCUT2D eigenvalue weighted by atomic mass is 10.3. The fourth-order valence-electron chi connectivity index (χ4n) is 1.24. The first-order chi connectivity index (χ1) is 7.59. The maximum Gasteiger partial charge on any atom is 0.356 e. The van der Waals surface area contributed by atoms with E-state index in [-0.39, 0.29) is 5.69 Å². The fourth-order valence-corrected chi connectivity index (χ4v) is 1.86. The van der Waals surface area contributed by atoms with Gasteiger partial charge >= 0.3 is 5.97 Å². The Morgan fingerprint density at radius 2 is 2.19 bits per heavy atom. The van der Waals surface area contributed by atoms with E-state index in [1.165, 1.54) is 10.7 Å². The van der Waals surface area contributed by atoms with Gasteiger partial charge in [-0.3, -0.25) is 0 Å². The molecule has 2 rings (SSSR count). The monoisotopic (exact) mass is 300 g/mol. The average Bonchev–Trinajstić information content (AvgIpc) is 2.71. The number of carboxylic acid groups (broad SMARTS) is 1. The fraction of sp³-hybridized carbons (Fsp3) is 0. The predicted octanol–water partition coefficient (Wildman–Crippen LogP) is 2.99. The Morgan fingerprint density at radius 1 is 1.44 bits per heavy atom. The molecule has 16 heavy (non-hydrogen) atoms. The zero-order chi connectivity index (χ0) is 11.7. The molecule has 2 aromatic rings. The Kier molecular flexibility index (Phi) is 2.98. The van der Waals surface area contributed by atoms with Crippen LogP contribution in [0.2, 0.25) is 5.02 Å². The molecule has 0 atom stereocenters. The molecule has 0 aliphatic rings. The Hall–Kier alpha value is -1.33. The lowest BCUT2D eigenvalue weighted by Gasteiger charge is -2.05. The molecule has 0 saturated heterocycles. The van der Waals surface area contributed by atoms with Crippen LogP contribution in [0.1, 0.15) is 10.5 Å². The summed E-state index contributed by atoms with van der Waals surface area (Å²) in [6.07, 6.45) is 1.57. The quantitative estimate of drug-likeness (QED) is 0.927. The summed E-state index contributed by atoms with van der Waals surface area (Å²) >= 11 is 9.25. The molecule has 1 aromatic heterocycles. The summed E-state index contributed by atoms with van der Waals surface area (Å²) in [5, 5.41) is 13.2. The zero-order valence-electron chi connectivity index (χ0n) is 7.89. The van der Waals surface area contributed by atoms with Crippen LogP contribution in [0.15, 0.2) is 34.9 Å². The molecule has 1 aromatic carbocycles. The molecule has 1 N–H and O–H groups in total. The summed E-state index contributed by atoms with van der Waals surface area (Å²) in [6, 6.07) is 6.71. The molecule has 0 bridgehead atoms. The molecule has 0 aliphatic carbocycles. The number of carboxylic acids is 1. The van der Waals surface area contributed by atoms with Gasteiger partial charge in [-0.15, -0.1) is 0 Å². The molecular formula is C10H6BrClN2O2. The minimum atomic E-state index is -1.06. The van der Waals surface area contributed by atoms with Gasteiger partial charge in [-0.1, -0.05) is 17.7 Å². The summed E-state index contributed by atoms with van der Waals surface area (Å²) in [4.78, 5) is 10.7. The van der Waals surface area contributed by atoms with E-state index in [1.807, 2.05) is 0 Å². The summed E-state index contributed by atoms with van der Waals surface area (Å²) in [5.74, 6) is -1.06. The lowest BCUT2D eigenvalue weighted by molar-refractivity contribution is 0.0690. The van der Waals surface area contributed by atoms with Gasteiger partial charge in [-0.25, -0.2) is 9.48 Å². The maximum absolute atomic E-state index is 10.7. The first kappa shape index (κ1) is 11.2. The Labute approximate surface area is 105 Å². The largest absolute Gasteiger partial charge is 0.476 e. The number of benzene rings is 1. The second-order valence-electron chi connectivity index (χ2n) is 3.02. The van der Waals surface area contributed by atoms with Crippen LogP contribution >= 0.6 is 27.5 Å². The van der Waals surface area contributed by atoms with Crippen molar-refractivity contribution in [1.82, 2.24) is 9.78 Å². The van der Waals surface area contributed by atoms with E-state index in [2.05, 4.69) is 21.0 Å². The van der Waals surface area contributed by atoms with E-state index in [0.717, 1.165) is 0 Å². The summed E-state index contributed by atoms with van der Waals surface area (Å²) < 4.78 is 2.14. The number of hydrogen-bond donors (Lipinski definition) is 1. The number of aromatic nitrogens is 2. The van der Waals surface area contributed by atoms with Gasteiger partial charge in [0.05, 0.1) is 15.2 Å². The maximum atomic E-state index is 10.7. The minimum absolute atomic E-state index is 0.00752. The highest BCUT2D eigenvalue weighted by Gasteiger charge is 2.10. The van der Waals surface area contributed by atoms with Crippen molar-refractivity contribution in [3.8, 4) is 5.69 Å². The van der Waals surface area contributed by atoms with E-state index in [9.17, 15) is 4.79 Å². The van der Waals surface area contributed by atoms with Crippen molar-refractivity contribution in [3.05, 3.63) is 45.7 Å². The Morgan fingerprint density at radius 3 is 2.81 bits per heavy atom. The third kappa shape index (κ3) is 1.96. The number of aromatic carboxylic acids is 1. The normalized spacial score (nSPS) is 10.4. The Bertz CT molecular complexity index is 554. The third-order valence-corrected chi connectivity index (χ3v) is 3.36. The molecule has 0 fully saturated rings. The van der Waals surface area contributed by atoms with E-state index >= 15 is 0 Å². The van der Waals surface area contributed by atoms with Gasteiger partial charge < -0.3 is 5.11 Å². The van der Waals surface area contributed by atoms with Gasteiger partial charge in [0.15, 0.2) is 5.69 Å². The van der Waals surface area contributed by atoms with E-state index in [4.69, 9.17) is 16.7 Å². The van der Waals surface area contributed by atoms with Crippen molar-refractivity contribution in [2.24, 2.45) is 0 Å². The van der Waals surface area contributed by atoms with Crippen molar-refractivity contribution >= 4 is 33.5 Å². The van der Waals surface area contributed by atoms with Crippen molar-refractivity contribution in [2.75, 3.05) is 0 Å². The lowest BCUT2D eigenvalue weighted by Crippen LogP contribution is -2.01. The van der Waals surface area contributed by atoms with Gasteiger partial charge in [0.1, 0.15) is 0 Å². The van der Waals surface area contributed by atoms with Crippen molar-refractivity contribution in [3.63, 3.8) is 0 Å². The average molecular weight is 302 g/mol. The molecule has 0 radical (unpaired) electrons. The first-order valence-electron chi connectivity index (χ1n) is 4.33. The highest BCUT2D eigenvalue weighted by molar-refractivity contribution is 9.10. The Balaban J connectivity index is 2.50. The summed E-state index contributed by atoms with van der Waals surface area (Å²) in [5.41, 5.74) is 0.687. The predicted molar refractivity (Wildman–Crippen MR) is 63.2 cm³/mol. The molecule has 6 heteroatoms. The van der Waals surface area contributed by atoms with E-state index in [1.54, 1.807) is 24.4 Å². The highest BCUT2D eigenvalue weighted by Crippen LogP contribution is 2.28. The zero-order valence-corrected chi connectivity index (χ0v) is 10.2. The number of nitrogens with zero attached hydrogens (tertiary/aromatic N) is 2. The third-order valence-electron chi connectivity index (χ3n) is 1.99. The minimum Gasteiger partial charge on any atom is -0.476 e. The highest BCUT2D eigenvalue weighted by atomic mass is 79.9. The second kappa shape index (κ2) is 4.27. The molecule has 4 nitrogen and oxygen atoms in total. The van der Waals surface area contributed by atoms with Crippen LogP contribution in [-0.4, -0.2) is 20.9 Å². The van der Waals surface area contributed by atoms with Crippen LogP contribution in [0.3, 0.4) is 0 Å². The molecular weight excluding hydrogens is 295 g/mol. The smallest absolute Gasteiger partial charge is 0.356 e. The van der Waals surface area contributed by atoms with Crippen LogP contribution in [-0.2, 0) is 0 Å². The second-order valence-corrected chi connectivity index (χ2v) is 4.22. The number of halogens is 2. The van der Waals surface area contributed by atoms with E-state index < -0.39 is 5.97 Å². The van der Waals surface area contributed by atoms with E-state index in [0.29, 0.717) is 15.2 Å². The van der Waals surface area contributed by atoms with Gasteiger partial charge in [-0.05, 0) is 34.1 Å². The molecule has 0 aliphatic heterocycles. The topological polar surface area (TPSA) is 55.1 Å². The number of hydrogen-bond acceptors (Lipinski definition) is 2. The SMILES string of the molecule is O=C(O)c1ccn(-c2cccc(Cl)c2Br)n1. The molecule has 0 spiro atoms. The number of rotatable bonds is 2. The number of carbonyl (C=O) groups is 1. The van der Waals surface area contributed by atoms with Crippen molar-refractivity contribution < 1.29 is 9.90 Å². The van der Waals surface area contributed by atoms with Gasteiger partial charge in [0.25, 0.3) is 0 Å². The molecule has 1 heterocycles.